The van der Waals surface area contributed by atoms with Gasteiger partial charge in [0.15, 0.2) is 11.5 Å². The van der Waals surface area contributed by atoms with Crippen molar-refractivity contribution in [3.05, 3.63) is 103 Å². The number of piperidine rings is 3. The van der Waals surface area contributed by atoms with Crippen LogP contribution >= 0.6 is 34.5 Å². The number of carbonyl (C=O) groups is 3. The van der Waals surface area contributed by atoms with Gasteiger partial charge in [-0.25, -0.2) is 18.4 Å². The van der Waals surface area contributed by atoms with Crippen molar-refractivity contribution in [2.75, 3.05) is 38.8 Å². The van der Waals surface area contributed by atoms with E-state index in [1.54, 1.807) is 36.4 Å². The standard InChI is InChI=1S/C36H36Cl2F2N3O7S.CH2O2/c1-47-29-8-6-22(15-31(29)48-2)30(16-26-27(37)18-42(46)19-28(26)38)49-35(44)33-9-7-25(51-33)17-43(24-5-3-4-23(14-24)34(39)40)36(45)50-32-20-41-12-10-21(32)11-13-41;2-1-3/h3-9,14-15,18-19,21,30,32,34,46H,10-13,16-17,20H2,1-2H3;1H,(H,2,3)/q+1;/p-1/t30-,32-;/m0./s1. The lowest BCUT2D eigenvalue weighted by Crippen LogP contribution is -2.53. The lowest BCUT2D eigenvalue weighted by molar-refractivity contribution is -0.904. The quantitative estimate of drug-likeness (QED) is 0.0753. The van der Waals surface area contributed by atoms with E-state index in [1.807, 2.05) is 0 Å². The summed E-state index contributed by atoms with van der Waals surface area (Å²) >= 11 is 14.0. The lowest BCUT2D eigenvalue weighted by atomic mass is 9.86. The van der Waals surface area contributed by atoms with E-state index in [2.05, 4.69) is 4.90 Å². The van der Waals surface area contributed by atoms with Crippen molar-refractivity contribution in [1.29, 1.82) is 0 Å². The number of benzene rings is 2. The molecule has 0 radical (unpaired) electrons. The normalized spacial score (nSPS) is 17.9. The Hall–Kier alpha value is -4.70. The maximum atomic E-state index is 13.7. The third-order valence-corrected chi connectivity index (χ3v) is 10.9. The maximum absolute atomic E-state index is 13.7. The lowest BCUT2D eigenvalue weighted by Gasteiger charge is -2.44. The van der Waals surface area contributed by atoms with Gasteiger partial charge in [0.1, 0.15) is 27.1 Å². The molecule has 288 valence electrons. The summed E-state index contributed by atoms with van der Waals surface area (Å²) in [5, 5.41) is 18.4. The first-order valence-corrected chi connectivity index (χ1v) is 18.3. The van der Waals surface area contributed by atoms with E-state index < -0.39 is 31.1 Å². The molecule has 1 amide bonds. The van der Waals surface area contributed by atoms with Crippen LogP contribution in [0, 0.1) is 5.92 Å². The first-order chi connectivity index (χ1) is 25.9. The zero-order chi connectivity index (χ0) is 38.9. The zero-order valence-electron chi connectivity index (χ0n) is 29.2. The summed E-state index contributed by atoms with van der Waals surface area (Å²) in [4.78, 5) is 40.1. The number of amides is 1. The number of nitrogens with zero attached hydrogens (tertiary/aromatic N) is 3. The summed E-state index contributed by atoms with van der Waals surface area (Å²) in [5.74, 6) is 0.476. The number of pyridine rings is 1. The topological polar surface area (TPSA) is 142 Å². The summed E-state index contributed by atoms with van der Waals surface area (Å²) in [6.07, 6.45) is -0.110. The minimum Gasteiger partial charge on any atom is -0.554 e. The number of halogens is 4. The molecule has 3 fully saturated rings. The largest absolute Gasteiger partial charge is 0.554 e. The van der Waals surface area contributed by atoms with E-state index >= 15 is 0 Å². The second kappa shape index (κ2) is 18.6. The van der Waals surface area contributed by atoms with Crippen LogP contribution in [-0.2, 0) is 27.2 Å². The van der Waals surface area contributed by atoms with Crippen molar-refractivity contribution >= 4 is 58.8 Å². The summed E-state index contributed by atoms with van der Waals surface area (Å²) in [6.45, 7) is 2.04. The number of alkyl halides is 2. The van der Waals surface area contributed by atoms with Crippen molar-refractivity contribution in [3.63, 3.8) is 0 Å². The Kier molecular flexibility index (Phi) is 13.9. The highest BCUT2D eigenvalue weighted by Crippen LogP contribution is 2.37. The highest BCUT2D eigenvalue weighted by Gasteiger charge is 2.38. The molecular formula is C37H37Cl2F2N3O9S. The number of thiophene rings is 1. The summed E-state index contributed by atoms with van der Waals surface area (Å²) < 4.78 is 51.0. The molecule has 2 bridgehead atoms. The van der Waals surface area contributed by atoms with Gasteiger partial charge in [0.2, 0.25) is 12.4 Å². The Morgan fingerprint density at radius 2 is 1.72 bits per heavy atom. The van der Waals surface area contributed by atoms with E-state index in [9.17, 15) is 23.6 Å². The van der Waals surface area contributed by atoms with Crippen LogP contribution in [0.5, 0.6) is 11.5 Å². The van der Waals surface area contributed by atoms with E-state index in [0.29, 0.717) is 34.0 Å². The molecule has 2 aromatic heterocycles. The second-order valence-electron chi connectivity index (χ2n) is 12.4. The summed E-state index contributed by atoms with van der Waals surface area (Å²) in [5.41, 5.74) is 1.03. The molecule has 54 heavy (non-hydrogen) atoms. The number of carboxylic acid groups (broad SMARTS) is 1. The van der Waals surface area contributed by atoms with Crippen molar-refractivity contribution in [3.8, 4) is 11.5 Å². The minimum atomic E-state index is -2.73. The molecule has 12 nitrogen and oxygen atoms in total. The number of anilines is 1. The number of rotatable bonds is 12. The predicted molar refractivity (Wildman–Crippen MR) is 193 cm³/mol. The molecule has 4 aromatic rings. The van der Waals surface area contributed by atoms with Crippen LogP contribution in [-0.4, -0.2) is 68.6 Å². The van der Waals surface area contributed by atoms with Gasteiger partial charge in [0.25, 0.3) is 6.43 Å². The molecule has 1 N–H and O–H groups in total. The van der Waals surface area contributed by atoms with Crippen LogP contribution in [0.25, 0.3) is 0 Å². The van der Waals surface area contributed by atoms with Crippen LogP contribution in [0.1, 0.15) is 56.6 Å². The summed E-state index contributed by atoms with van der Waals surface area (Å²) in [7, 11) is 2.99. The Labute approximate surface area is 323 Å². The predicted octanol–water partition coefficient (Wildman–Crippen LogP) is 6.28. The van der Waals surface area contributed by atoms with Gasteiger partial charge in [-0.05, 0) is 73.8 Å². The Bertz CT molecular complexity index is 1920. The van der Waals surface area contributed by atoms with Gasteiger partial charge in [0.05, 0.1) is 20.8 Å². The molecule has 5 heterocycles. The van der Waals surface area contributed by atoms with Crippen LogP contribution in [0.15, 0.2) is 67.0 Å². The monoisotopic (exact) mass is 807 g/mol. The number of hydrogen-bond donors (Lipinski definition) is 1. The highest BCUT2D eigenvalue weighted by molar-refractivity contribution is 7.14. The van der Waals surface area contributed by atoms with E-state index in [-0.39, 0.29) is 51.2 Å². The van der Waals surface area contributed by atoms with Crippen LogP contribution in [0.2, 0.25) is 10.0 Å². The van der Waals surface area contributed by atoms with E-state index in [4.69, 9.17) is 52.1 Å². The molecule has 0 unspecified atom stereocenters. The first kappa shape index (κ1) is 40.5. The SMILES string of the molecule is COc1ccc([C@H](Cc2c(Cl)c[n+](O)cc2Cl)OC(=O)c2ccc(CN(C(=O)O[C@H]3CN4CCC3CC4)c3cccc(C(F)F)c3)s2)cc1OC.O=C[O-]. The van der Waals surface area contributed by atoms with Crippen molar-refractivity contribution in [2.24, 2.45) is 5.92 Å². The second-order valence-corrected chi connectivity index (χ2v) is 14.4. The maximum Gasteiger partial charge on any atom is 0.414 e. The molecule has 3 saturated heterocycles. The molecule has 0 spiro atoms. The Balaban J connectivity index is 0.00000181. The van der Waals surface area contributed by atoms with Gasteiger partial charge in [0, 0.05) is 45.9 Å². The van der Waals surface area contributed by atoms with Crippen LogP contribution < -0.4 is 24.2 Å². The number of methoxy groups -OCH3 is 2. The molecule has 3 aliphatic rings. The minimum absolute atomic E-state index is 0.0277. The average molecular weight is 809 g/mol. The molecular weight excluding hydrogens is 771 g/mol. The van der Waals surface area contributed by atoms with Crippen LogP contribution in [0.4, 0.5) is 19.3 Å². The number of carbonyl (C=O) groups excluding carboxylic acids is 3. The van der Waals surface area contributed by atoms with Crippen LogP contribution in [0.3, 0.4) is 0 Å². The number of esters is 1. The number of fused-ring (bicyclic) bond motifs is 3. The number of ether oxygens (including phenoxy) is 4. The molecule has 0 saturated carbocycles. The Morgan fingerprint density at radius 1 is 1.04 bits per heavy atom. The van der Waals surface area contributed by atoms with Gasteiger partial charge in [-0.2, -0.15) is 0 Å². The molecule has 3 aliphatic heterocycles. The van der Waals surface area contributed by atoms with Crippen molar-refractivity contribution in [2.45, 2.75) is 44.4 Å². The fourth-order valence-corrected chi connectivity index (χ4v) is 7.93. The highest BCUT2D eigenvalue weighted by atomic mass is 35.5. The van der Waals surface area contributed by atoms with Gasteiger partial charge >= 0.3 is 12.1 Å². The first-order valence-electron chi connectivity index (χ1n) is 16.7. The third-order valence-electron chi connectivity index (χ3n) is 9.17. The number of aromatic nitrogens is 1. The molecule has 2 aromatic carbocycles. The third kappa shape index (κ3) is 9.88. The number of hydrogen-bond acceptors (Lipinski definition) is 11. The zero-order valence-corrected chi connectivity index (χ0v) is 31.5. The van der Waals surface area contributed by atoms with Gasteiger partial charge < -0.3 is 28.8 Å². The molecule has 0 aliphatic carbocycles. The smallest absolute Gasteiger partial charge is 0.414 e. The van der Waals surface area contributed by atoms with Gasteiger partial charge in [-0.1, -0.05) is 41.4 Å². The van der Waals surface area contributed by atoms with Gasteiger partial charge in [-0.15, -0.1) is 11.3 Å². The summed E-state index contributed by atoms with van der Waals surface area (Å²) in [6, 6.07) is 14.0. The fraction of sp³-hybridized carbons (Fsp3) is 0.351. The average Bonchev–Trinajstić information content (AvgIpc) is 3.64. The van der Waals surface area contributed by atoms with Gasteiger partial charge in [-0.3, -0.25) is 15.0 Å². The van der Waals surface area contributed by atoms with Crippen molar-refractivity contribution in [1.82, 2.24) is 4.90 Å². The van der Waals surface area contributed by atoms with E-state index in [0.717, 1.165) is 42.0 Å². The molecule has 7 rings (SSSR count). The van der Waals surface area contributed by atoms with E-state index in [1.165, 1.54) is 49.7 Å². The molecule has 17 heteroatoms. The molecule has 2 atom stereocenters. The Morgan fingerprint density at radius 3 is 2.33 bits per heavy atom. The fourth-order valence-electron chi connectivity index (χ4n) is 6.44. The van der Waals surface area contributed by atoms with Crippen molar-refractivity contribution < 1.29 is 57.2 Å².